The van der Waals surface area contributed by atoms with Crippen molar-refractivity contribution in [2.45, 2.75) is 25.8 Å². The molecule has 1 aliphatic heterocycles. The van der Waals surface area contributed by atoms with Crippen LogP contribution in [0.25, 0.3) is 0 Å². The van der Waals surface area contributed by atoms with E-state index in [1.807, 2.05) is 18.5 Å². The van der Waals surface area contributed by atoms with Crippen molar-refractivity contribution >= 4 is 0 Å². The van der Waals surface area contributed by atoms with E-state index in [1.54, 1.807) is 0 Å². The summed E-state index contributed by atoms with van der Waals surface area (Å²) in [7, 11) is 0. The Labute approximate surface area is 97.9 Å². The van der Waals surface area contributed by atoms with Crippen LogP contribution in [0.3, 0.4) is 0 Å². The van der Waals surface area contributed by atoms with Crippen molar-refractivity contribution in [3.8, 4) is 0 Å². The molecular formula is C13H21N3. The molecule has 2 rings (SSSR count). The third-order valence-electron chi connectivity index (χ3n) is 3.22. The lowest BCUT2D eigenvalue weighted by Crippen LogP contribution is -2.45. The summed E-state index contributed by atoms with van der Waals surface area (Å²) in [6, 6.07) is 4.80. The first-order valence-corrected chi connectivity index (χ1v) is 6.26. The van der Waals surface area contributed by atoms with Crippen molar-refractivity contribution in [2.75, 3.05) is 26.2 Å². The molecule has 1 aromatic heterocycles. The molecule has 0 unspecified atom stereocenters. The molecular weight excluding hydrogens is 198 g/mol. The van der Waals surface area contributed by atoms with Gasteiger partial charge < -0.3 is 5.32 Å². The minimum atomic E-state index is 0.556. The molecule has 1 aromatic rings. The Morgan fingerprint density at radius 3 is 2.88 bits per heavy atom. The number of hydrogen-bond acceptors (Lipinski definition) is 3. The molecule has 3 nitrogen and oxygen atoms in total. The summed E-state index contributed by atoms with van der Waals surface area (Å²) >= 11 is 0. The smallest absolute Gasteiger partial charge is 0.0364 e. The van der Waals surface area contributed by atoms with Gasteiger partial charge in [0.2, 0.25) is 0 Å². The van der Waals surface area contributed by atoms with Crippen molar-refractivity contribution in [1.29, 1.82) is 0 Å². The monoisotopic (exact) mass is 219 g/mol. The molecule has 88 valence electrons. The Kier molecular flexibility index (Phi) is 4.31. The van der Waals surface area contributed by atoms with Gasteiger partial charge in [0.1, 0.15) is 0 Å². The number of aromatic nitrogens is 1. The van der Waals surface area contributed by atoms with Gasteiger partial charge in [0.15, 0.2) is 0 Å². The molecule has 1 aliphatic rings. The molecule has 1 saturated heterocycles. The van der Waals surface area contributed by atoms with Crippen molar-refractivity contribution in [3.63, 3.8) is 0 Å². The van der Waals surface area contributed by atoms with Gasteiger partial charge in [-0.15, -0.1) is 0 Å². The van der Waals surface area contributed by atoms with Crippen LogP contribution in [-0.2, 0) is 0 Å². The molecule has 0 aliphatic carbocycles. The van der Waals surface area contributed by atoms with E-state index in [2.05, 4.69) is 28.2 Å². The predicted octanol–water partition coefficient (Wildman–Crippen LogP) is 1.83. The van der Waals surface area contributed by atoms with Crippen molar-refractivity contribution < 1.29 is 0 Å². The second kappa shape index (κ2) is 5.97. The van der Waals surface area contributed by atoms with E-state index in [-0.39, 0.29) is 0 Å². The molecule has 2 heterocycles. The standard InChI is InChI=1S/C13H21N3/c1-2-4-13(12-5-3-6-15-11-12)16-9-7-14-8-10-16/h3,5-6,11,13-14H,2,4,7-10H2,1H3/t13-/m1/s1. The lowest BCUT2D eigenvalue weighted by Gasteiger charge is -2.35. The van der Waals surface area contributed by atoms with Crippen LogP contribution < -0.4 is 5.32 Å². The fourth-order valence-corrected chi connectivity index (χ4v) is 2.40. The summed E-state index contributed by atoms with van der Waals surface area (Å²) in [6.45, 7) is 6.78. The number of hydrogen-bond donors (Lipinski definition) is 1. The van der Waals surface area contributed by atoms with E-state index in [4.69, 9.17) is 0 Å². The Morgan fingerprint density at radius 2 is 2.25 bits per heavy atom. The number of rotatable bonds is 4. The van der Waals surface area contributed by atoms with Crippen LogP contribution in [0.2, 0.25) is 0 Å². The zero-order chi connectivity index (χ0) is 11.2. The highest BCUT2D eigenvalue weighted by atomic mass is 15.2. The molecule has 3 heteroatoms. The quantitative estimate of drug-likeness (QED) is 0.837. The first-order valence-electron chi connectivity index (χ1n) is 6.26. The average Bonchev–Trinajstić information content (AvgIpc) is 2.38. The first kappa shape index (κ1) is 11.6. The van der Waals surface area contributed by atoms with Crippen LogP contribution in [0.1, 0.15) is 31.4 Å². The van der Waals surface area contributed by atoms with Crippen LogP contribution >= 0.6 is 0 Å². The maximum Gasteiger partial charge on any atom is 0.0364 e. The second-order valence-corrected chi connectivity index (χ2v) is 4.38. The zero-order valence-electron chi connectivity index (χ0n) is 10.0. The maximum atomic E-state index is 4.24. The van der Waals surface area contributed by atoms with Crippen molar-refractivity contribution in [3.05, 3.63) is 30.1 Å². The number of nitrogens with one attached hydrogen (secondary N) is 1. The summed E-state index contributed by atoms with van der Waals surface area (Å²) in [4.78, 5) is 6.82. The second-order valence-electron chi connectivity index (χ2n) is 4.38. The molecule has 0 bridgehead atoms. The van der Waals surface area contributed by atoms with Gasteiger partial charge in [-0.3, -0.25) is 9.88 Å². The summed E-state index contributed by atoms with van der Waals surface area (Å²) < 4.78 is 0. The van der Waals surface area contributed by atoms with E-state index in [0.717, 1.165) is 26.2 Å². The van der Waals surface area contributed by atoms with Crippen LogP contribution in [0.5, 0.6) is 0 Å². The SMILES string of the molecule is CCC[C@H](c1cccnc1)N1CCNCC1. The van der Waals surface area contributed by atoms with Gasteiger partial charge in [0.25, 0.3) is 0 Å². The van der Waals surface area contributed by atoms with Crippen LogP contribution in [0.4, 0.5) is 0 Å². The summed E-state index contributed by atoms with van der Waals surface area (Å²) in [6.07, 6.45) is 6.32. The van der Waals surface area contributed by atoms with Gasteiger partial charge in [-0.25, -0.2) is 0 Å². The van der Waals surface area contributed by atoms with Gasteiger partial charge in [0.05, 0.1) is 0 Å². The third kappa shape index (κ3) is 2.80. The highest BCUT2D eigenvalue weighted by Gasteiger charge is 2.21. The van der Waals surface area contributed by atoms with Crippen molar-refractivity contribution in [2.24, 2.45) is 0 Å². The Morgan fingerprint density at radius 1 is 1.44 bits per heavy atom. The summed E-state index contributed by atoms with van der Waals surface area (Å²) in [5.74, 6) is 0. The molecule has 1 N–H and O–H groups in total. The van der Waals surface area contributed by atoms with Gasteiger partial charge >= 0.3 is 0 Å². The fraction of sp³-hybridized carbons (Fsp3) is 0.615. The molecule has 16 heavy (non-hydrogen) atoms. The molecule has 1 fully saturated rings. The van der Waals surface area contributed by atoms with Crippen LogP contribution in [0.15, 0.2) is 24.5 Å². The Balaban J connectivity index is 2.09. The molecule has 0 amide bonds. The van der Waals surface area contributed by atoms with Gasteiger partial charge in [-0.2, -0.15) is 0 Å². The van der Waals surface area contributed by atoms with E-state index >= 15 is 0 Å². The largest absolute Gasteiger partial charge is 0.314 e. The summed E-state index contributed by atoms with van der Waals surface area (Å²) in [5.41, 5.74) is 1.37. The third-order valence-corrected chi connectivity index (χ3v) is 3.22. The number of nitrogens with zero attached hydrogens (tertiary/aromatic N) is 2. The molecule has 0 spiro atoms. The fourth-order valence-electron chi connectivity index (χ4n) is 2.40. The number of pyridine rings is 1. The molecule has 0 radical (unpaired) electrons. The van der Waals surface area contributed by atoms with E-state index in [1.165, 1.54) is 18.4 Å². The Bertz CT molecular complexity index is 293. The summed E-state index contributed by atoms with van der Waals surface area (Å²) in [5, 5.41) is 3.41. The lowest BCUT2D eigenvalue weighted by atomic mass is 10.0. The molecule has 0 saturated carbocycles. The van der Waals surface area contributed by atoms with E-state index in [9.17, 15) is 0 Å². The van der Waals surface area contributed by atoms with Gasteiger partial charge in [0, 0.05) is 44.6 Å². The predicted molar refractivity (Wildman–Crippen MR) is 66.3 cm³/mol. The highest BCUT2D eigenvalue weighted by molar-refractivity contribution is 5.14. The molecule has 1 atom stereocenters. The average molecular weight is 219 g/mol. The highest BCUT2D eigenvalue weighted by Crippen LogP contribution is 2.24. The van der Waals surface area contributed by atoms with Crippen LogP contribution in [0, 0.1) is 0 Å². The minimum Gasteiger partial charge on any atom is -0.314 e. The van der Waals surface area contributed by atoms with E-state index in [0.29, 0.717) is 6.04 Å². The lowest BCUT2D eigenvalue weighted by molar-refractivity contribution is 0.164. The number of piperazine rings is 1. The maximum absolute atomic E-state index is 4.24. The molecule has 0 aromatic carbocycles. The Hall–Kier alpha value is -0.930. The minimum absolute atomic E-state index is 0.556. The normalized spacial score (nSPS) is 19.6. The topological polar surface area (TPSA) is 28.2 Å². The van der Waals surface area contributed by atoms with E-state index < -0.39 is 0 Å². The van der Waals surface area contributed by atoms with Gasteiger partial charge in [-0.05, 0) is 18.1 Å². The zero-order valence-corrected chi connectivity index (χ0v) is 10.0. The van der Waals surface area contributed by atoms with Gasteiger partial charge in [-0.1, -0.05) is 19.4 Å². The first-order chi connectivity index (χ1) is 7.92. The van der Waals surface area contributed by atoms with Crippen molar-refractivity contribution in [1.82, 2.24) is 15.2 Å². The van der Waals surface area contributed by atoms with Crippen LogP contribution in [-0.4, -0.2) is 36.1 Å².